The highest BCUT2D eigenvalue weighted by Crippen LogP contribution is 2.25. The number of carbonyl (C=O) groups excluding carboxylic acids is 1. The first-order valence-corrected chi connectivity index (χ1v) is 7.87. The van der Waals surface area contributed by atoms with Crippen LogP contribution in [0.25, 0.3) is 0 Å². The number of nitrogens with one attached hydrogen (secondary N) is 1. The van der Waals surface area contributed by atoms with Crippen LogP contribution >= 0.6 is 11.8 Å². The molecule has 0 bridgehead atoms. The van der Waals surface area contributed by atoms with Gasteiger partial charge in [0.05, 0.1) is 19.2 Å². The van der Waals surface area contributed by atoms with Crippen molar-refractivity contribution in [2.24, 2.45) is 0 Å². The van der Waals surface area contributed by atoms with Crippen molar-refractivity contribution in [2.75, 3.05) is 31.3 Å². The van der Waals surface area contributed by atoms with Crippen LogP contribution in [-0.2, 0) is 9.53 Å². The van der Waals surface area contributed by atoms with E-state index in [9.17, 15) is 9.18 Å². The summed E-state index contributed by atoms with van der Waals surface area (Å²) in [7, 11) is 0. The van der Waals surface area contributed by atoms with E-state index in [1.807, 2.05) is 0 Å². The van der Waals surface area contributed by atoms with Gasteiger partial charge in [0, 0.05) is 23.7 Å². The zero-order valence-electron chi connectivity index (χ0n) is 11.0. The van der Waals surface area contributed by atoms with Crippen LogP contribution in [0.2, 0.25) is 0 Å². The number of ether oxygens (including phenoxy) is 1. The predicted molar refractivity (Wildman–Crippen MR) is 75.9 cm³/mol. The maximum Gasteiger partial charge on any atom is 0.240 e. The summed E-state index contributed by atoms with van der Waals surface area (Å²) in [4.78, 5) is 14.1. The topological polar surface area (TPSA) is 41.6 Å². The Bertz CT molecular complexity index is 494. The van der Waals surface area contributed by atoms with Gasteiger partial charge in [0.15, 0.2) is 0 Å². The molecule has 2 atom stereocenters. The van der Waals surface area contributed by atoms with E-state index < -0.39 is 0 Å². The van der Waals surface area contributed by atoms with Crippen molar-refractivity contribution in [3.05, 3.63) is 35.6 Å². The van der Waals surface area contributed by atoms with Crippen LogP contribution in [0.1, 0.15) is 11.7 Å². The number of thioether (sulfide) groups is 1. The predicted octanol–water partition coefficient (Wildman–Crippen LogP) is 1.39. The molecule has 1 N–H and O–H groups in total. The monoisotopic (exact) mass is 296 g/mol. The summed E-state index contributed by atoms with van der Waals surface area (Å²) in [5.74, 6) is 1.44. The van der Waals surface area contributed by atoms with Crippen LogP contribution in [0, 0.1) is 5.82 Å². The molecule has 0 spiro atoms. The smallest absolute Gasteiger partial charge is 0.240 e. The van der Waals surface area contributed by atoms with E-state index in [2.05, 4.69) is 5.32 Å². The van der Waals surface area contributed by atoms with Crippen molar-refractivity contribution in [1.29, 1.82) is 0 Å². The molecule has 1 aromatic carbocycles. The molecule has 2 saturated heterocycles. The second-order valence-electron chi connectivity index (χ2n) is 4.94. The van der Waals surface area contributed by atoms with Crippen molar-refractivity contribution in [1.82, 2.24) is 10.2 Å². The van der Waals surface area contributed by atoms with E-state index in [1.54, 1.807) is 34.9 Å². The van der Waals surface area contributed by atoms with Crippen LogP contribution in [0.3, 0.4) is 0 Å². The number of halogens is 1. The lowest BCUT2D eigenvalue weighted by Crippen LogP contribution is -2.50. The van der Waals surface area contributed by atoms with Crippen LogP contribution in [-0.4, -0.2) is 48.2 Å². The highest BCUT2D eigenvalue weighted by Gasteiger charge is 2.32. The van der Waals surface area contributed by atoms with Crippen molar-refractivity contribution in [3.63, 3.8) is 0 Å². The molecule has 1 amide bonds. The molecule has 108 valence electrons. The Kier molecular flexibility index (Phi) is 4.24. The molecule has 6 heteroatoms. The fraction of sp³-hybridized carbons (Fsp3) is 0.500. The summed E-state index contributed by atoms with van der Waals surface area (Å²) in [6, 6.07) is 6.48. The van der Waals surface area contributed by atoms with Gasteiger partial charge in [-0.15, -0.1) is 11.8 Å². The van der Waals surface area contributed by atoms with Gasteiger partial charge in [0.1, 0.15) is 11.9 Å². The number of carbonyl (C=O) groups is 1. The molecule has 1 aromatic rings. The average molecular weight is 296 g/mol. The minimum atomic E-state index is -0.372. The number of rotatable bonds is 2. The Morgan fingerprint density at radius 3 is 3.05 bits per heavy atom. The summed E-state index contributed by atoms with van der Waals surface area (Å²) in [5.41, 5.74) is 0.527. The highest BCUT2D eigenvalue weighted by atomic mass is 32.2. The lowest BCUT2D eigenvalue weighted by Gasteiger charge is -2.34. The Labute approximate surface area is 121 Å². The van der Waals surface area contributed by atoms with Crippen molar-refractivity contribution < 1.29 is 13.9 Å². The lowest BCUT2D eigenvalue weighted by atomic mass is 10.1. The molecule has 2 aliphatic heterocycles. The molecule has 20 heavy (non-hydrogen) atoms. The molecule has 0 aliphatic carbocycles. The van der Waals surface area contributed by atoms with Gasteiger partial charge in [-0.1, -0.05) is 18.2 Å². The molecule has 2 aliphatic rings. The summed E-state index contributed by atoms with van der Waals surface area (Å²) in [6.07, 6.45) is -0.372. The molecule has 0 aromatic heterocycles. The maximum absolute atomic E-state index is 13.8. The van der Waals surface area contributed by atoms with Gasteiger partial charge in [-0.2, -0.15) is 0 Å². The summed E-state index contributed by atoms with van der Waals surface area (Å²) >= 11 is 1.72. The van der Waals surface area contributed by atoms with Crippen LogP contribution in [0.15, 0.2) is 24.3 Å². The second-order valence-corrected chi connectivity index (χ2v) is 5.97. The number of hydrogen-bond acceptors (Lipinski definition) is 4. The Morgan fingerprint density at radius 1 is 1.45 bits per heavy atom. The first-order chi connectivity index (χ1) is 9.75. The highest BCUT2D eigenvalue weighted by molar-refractivity contribution is 7.99. The molecule has 0 unspecified atom stereocenters. The van der Waals surface area contributed by atoms with Crippen molar-refractivity contribution in [3.8, 4) is 0 Å². The Morgan fingerprint density at radius 2 is 2.30 bits per heavy atom. The van der Waals surface area contributed by atoms with Crippen LogP contribution < -0.4 is 5.32 Å². The van der Waals surface area contributed by atoms with Gasteiger partial charge >= 0.3 is 0 Å². The van der Waals surface area contributed by atoms with E-state index in [1.165, 1.54) is 6.07 Å². The van der Waals surface area contributed by atoms with Crippen molar-refractivity contribution in [2.45, 2.75) is 12.1 Å². The lowest BCUT2D eigenvalue weighted by molar-refractivity contribution is -0.140. The maximum atomic E-state index is 13.8. The second kappa shape index (κ2) is 6.11. The third-order valence-corrected chi connectivity index (χ3v) is 4.58. The minimum absolute atomic E-state index is 0.0969. The SMILES string of the molecule is O=C([C@H]1CSCN1)N1CCO[C@@H](c2ccccc2F)C1. The fourth-order valence-electron chi connectivity index (χ4n) is 2.55. The van der Waals surface area contributed by atoms with E-state index >= 15 is 0 Å². The normalized spacial score (nSPS) is 26.8. The van der Waals surface area contributed by atoms with Gasteiger partial charge in [0.25, 0.3) is 0 Å². The van der Waals surface area contributed by atoms with E-state index in [0.717, 1.165) is 11.6 Å². The number of hydrogen-bond donors (Lipinski definition) is 1. The van der Waals surface area contributed by atoms with Crippen LogP contribution in [0.4, 0.5) is 4.39 Å². The first-order valence-electron chi connectivity index (χ1n) is 6.71. The van der Waals surface area contributed by atoms with E-state index in [4.69, 9.17) is 4.74 Å². The van der Waals surface area contributed by atoms with E-state index in [-0.39, 0.29) is 23.9 Å². The molecule has 4 nitrogen and oxygen atoms in total. The molecule has 0 radical (unpaired) electrons. The van der Waals surface area contributed by atoms with Gasteiger partial charge in [-0.25, -0.2) is 4.39 Å². The fourth-order valence-corrected chi connectivity index (χ4v) is 3.48. The Balaban J connectivity index is 1.70. The number of benzene rings is 1. The molecular weight excluding hydrogens is 279 g/mol. The molecule has 2 heterocycles. The zero-order chi connectivity index (χ0) is 13.9. The van der Waals surface area contributed by atoms with Gasteiger partial charge in [-0.3, -0.25) is 10.1 Å². The van der Waals surface area contributed by atoms with E-state index in [0.29, 0.717) is 25.3 Å². The summed E-state index contributed by atoms with van der Waals surface area (Å²) < 4.78 is 19.4. The number of nitrogens with zero attached hydrogens (tertiary/aromatic N) is 1. The van der Waals surface area contributed by atoms with Crippen LogP contribution in [0.5, 0.6) is 0 Å². The Hall–Kier alpha value is -1.11. The van der Waals surface area contributed by atoms with Crippen molar-refractivity contribution >= 4 is 17.7 Å². The van der Waals surface area contributed by atoms with Gasteiger partial charge < -0.3 is 9.64 Å². The third kappa shape index (κ3) is 2.82. The quantitative estimate of drug-likeness (QED) is 0.895. The largest absolute Gasteiger partial charge is 0.370 e. The molecule has 2 fully saturated rings. The molecule has 0 saturated carbocycles. The standard InChI is InChI=1S/C14H17FN2O2S/c15-11-4-2-1-3-10(11)13-7-17(5-6-19-13)14(18)12-8-20-9-16-12/h1-4,12-13,16H,5-9H2/t12-,13-/m1/s1. The minimum Gasteiger partial charge on any atom is -0.370 e. The first kappa shape index (κ1) is 13.9. The summed E-state index contributed by atoms with van der Waals surface area (Å²) in [6.45, 7) is 1.44. The molecular formula is C14H17FN2O2S. The zero-order valence-corrected chi connectivity index (χ0v) is 11.9. The van der Waals surface area contributed by atoms with Gasteiger partial charge in [0.2, 0.25) is 5.91 Å². The van der Waals surface area contributed by atoms with Gasteiger partial charge in [-0.05, 0) is 6.07 Å². The number of amides is 1. The average Bonchev–Trinajstić information content (AvgIpc) is 3.01. The third-order valence-electron chi connectivity index (χ3n) is 3.64. The summed E-state index contributed by atoms with van der Waals surface area (Å²) in [5, 5.41) is 3.18. The number of morpholine rings is 1. The molecule has 3 rings (SSSR count).